The molecule has 1 spiro atoms. The molecule has 3 N–H and O–H groups in total. The highest BCUT2D eigenvalue weighted by molar-refractivity contribution is 8.00. The number of hydrogen-bond donors (Lipinski definition) is 3. The number of H-pyrrole nitrogens is 1. The summed E-state index contributed by atoms with van der Waals surface area (Å²) in [5.74, 6) is -0.192. The smallest absolute Gasteiger partial charge is 0.288 e. The number of rotatable bonds is 9. The van der Waals surface area contributed by atoms with E-state index in [1.807, 2.05) is 13.0 Å². The lowest BCUT2D eigenvalue weighted by atomic mass is 9.59. The molecule has 9 rings (SSSR count). The van der Waals surface area contributed by atoms with Gasteiger partial charge in [0.25, 0.3) is 21.6 Å². The van der Waals surface area contributed by atoms with Crippen LogP contribution in [0.2, 0.25) is 0 Å². The second kappa shape index (κ2) is 15.6. The van der Waals surface area contributed by atoms with Gasteiger partial charge in [0.2, 0.25) is 0 Å². The van der Waals surface area contributed by atoms with Gasteiger partial charge in [-0.05, 0) is 101 Å². The molecule has 314 valence electrons. The monoisotopic (exact) mass is 846 g/mol. The molecule has 2 aliphatic carbocycles. The van der Waals surface area contributed by atoms with Crippen LogP contribution in [0.15, 0.2) is 64.6 Å². The second-order valence-corrected chi connectivity index (χ2v) is 20.3. The fourth-order valence-corrected chi connectivity index (χ4v) is 12.1. The maximum atomic E-state index is 14.0. The lowest BCUT2D eigenvalue weighted by Crippen LogP contribution is -2.59. The first kappa shape index (κ1) is 40.0. The highest BCUT2D eigenvalue weighted by Crippen LogP contribution is 2.52. The van der Waals surface area contributed by atoms with Gasteiger partial charge >= 0.3 is 0 Å². The number of nitrogens with zero attached hydrogens (tertiary/aromatic N) is 4. The quantitative estimate of drug-likeness (QED) is 0.120. The van der Waals surface area contributed by atoms with Crippen LogP contribution in [-0.2, 0) is 14.8 Å². The van der Waals surface area contributed by atoms with Gasteiger partial charge in [-0.25, -0.2) is 18.1 Å². The molecule has 2 atom stereocenters. The minimum absolute atomic E-state index is 0.0324. The summed E-state index contributed by atoms with van der Waals surface area (Å²) in [5, 5.41) is 23.5. The molecule has 17 heteroatoms. The molecule has 1 amide bonds. The Hall–Kier alpha value is -4.42. The molecule has 2 saturated carbocycles. The van der Waals surface area contributed by atoms with Crippen molar-refractivity contribution in [3.63, 3.8) is 0 Å². The Morgan fingerprint density at radius 1 is 1.08 bits per heavy atom. The summed E-state index contributed by atoms with van der Waals surface area (Å²) >= 11 is 1.31. The van der Waals surface area contributed by atoms with Crippen molar-refractivity contribution in [3.05, 3.63) is 70.5 Å². The molecule has 0 radical (unpaired) electrons. The number of aliphatic hydroxyl groups is 1. The number of morpholine rings is 1. The first-order valence-electron chi connectivity index (χ1n) is 20.5. The Kier molecular flexibility index (Phi) is 10.5. The van der Waals surface area contributed by atoms with E-state index in [0.717, 1.165) is 75.7 Å². The fourth-order valence-electron chi connectivity index (χ4n) is 9.73. The van der Waals surface area contributed by atoms with Crippen molar-refractivity contribution < 1.29 is 37.5 Å². The van der Waals surface area contributed by atoms with Crippen molar-refractivity contribution in [2.75, 3.05) is 44.4 Å². The summed E-state index contributed by atoms with van der Waals surface area (Å²) in [5.41, 5.74) is 0.663. The zero-order chi connectivity index (χ0) is 41.1. The summed E-state index contributed by atoms with van der Waals surface area (Å²) < 4.78 is 47.9. The molecular weight excluding hydrogens is 797 g/mol. The first-order valence-corrected chi connectivity index (χ1v) is 22.9. The number of pyridine rings is 1. The maximum Gasteiger partial charge on any atom is 0.288 e. The highest BCUT2D eigenvalue weighted by Gasteiger charge is 2.49. The van der Waals surface area contributed by atoms with E-state index in [0.29, 0.717) is 41.7 Å². The third-order valence-corrected chi connectivity index (χ3v) is 16.1. The van der Waals surface area contributed by atoms with Crippen LogP contribution in [-0.4, -0.2) is 102 Å². The number of sulfonamides is 1. The number of amides is 1. The molecule has 59 heavy (non-hydrogen) atoms. The Labute approximate surface area is 347 Å². The topological polar surface area (TPSA) is 189 Å². The molecule has 2 aromatic heterocycles. The van der Waals surface area contributed by atoms with Crippen molar-refractivity contribution in [1.82, 2.24) is 19.6 Å². The number of carbonyl (C=O) groups excluding carboxylic acids is 1. The van der Waals surface area contributed by atoms with Crippen molar-refractivity contribution in [2.24, 2.45) is 11.3 Å². The van der Waals surface area contributed by atoms with Gasteiger partial charge in [-0.2, -0.15) is 0 Å². The molecule has 3 aliphatic heterocycles. The number of carbonyl (C=O) groups is 1. The average Bonchev–Trinajstić information content (AvgIpc) is 3.67. The van der Waals surface area contributed by atoms with Crippen LogP contribution in [0.3, 0.4) is 0 Å². The van der Waals surface area contributed by atoms with Crippen LogP contribution in [0, 0.1) is 21.4 Å². The lowest BCUT2D eigenvalue weighted by molar-refractivity contribution is -0.388. The normalized spacial score (nSPS) is 26.2. The van der Waals surface area contributed by atoms with E-state index in [4.69, 9.17) is 14.2 Å². The molecule has 4 aromatic rings. The molecule has 15 nitrogen and oxygen atoms in total. The number of aromatic nitrogens is 2. The largest absolute Gasteiger partial charge is 0.491 e. The van der Waals surface area contributed by atoms with Gasteiger partial charge in [0.15, 0.2) is 0 Å². The number of fused-ring (bicyclic) bond motifs is 2. The Morgan fingerprint density at radius 3 is 2.61 bits per heavy atom. The maximum absolute atomic E-state index is 14.0. The van der Waals surface area contributed by atoms with E-state index in [1.54, 1.807) is 30.5 Å². The summed E-state index contributed by atoms with van der Waals surface area (Å²) in [6.07, 6.45) is 10.5. The predicted octanol–water partition coefficient (Wildman–Crippen LogP) is 6.65. The second-order valence-electron chi connectivity index (χ2n) is 17.3. The number of ether oxygens (including phenoxy) is 3. The minimum Gasteiger partial charge on any atom is -0.491 e. The van der Waals surface area contributed by atoms with Crippen molar-refractivity contribution in [2.45, 2.75) is 97.9 Å². The van der Waals surface area contributed by atoms with Crippen LogP contribution >= 0.6 is 11.8 Å². The number of thioether (sulfide) groups is 1. The number of piperidine rings is 1. The summed E-state index contributed by atoms with van der Waals surface area (Å²) in [6.45, 7) is 8.53. The van der Waals surface area contributed by atoms with Gasteiger partial charge in [-0.3, -0.25) is 19.8 Å². The van der Waals surface area contributed by atoms with Gasteiger partial charge in [0.05, 0.1) is 40.4 Å². The zero-order valence-electron chi connectivity index (χ0n) is 33.2. The Bertz CT molecular complexity index is 2360. The van der Waals surface area contributed by atoms with E-state index in [2.05, 4.69) is 31.4 Å². The summed E-state index contributed by atoms with van der Waals surface area (Å²) in [7, 11) is -4.63. The molecule has 0 unspecified atom stereocenters. The molecule has 4 fully saturated rings. The lowest BCUT2D eigenvalue weighted by Gasteiger charge is -2.57. The summed E-state index contributed by atoms with van der Waals surface area (Å²) in [4.78, 5) is 37.8. The third-order valence-electron chi connectivity index (χ3n) is 13.3. The predicted molar refractivity (Wildman–Crippen MR) is 222 cm³/mol. The number of benzene rings is 2. The van der Waals surface area contributed by atoms with Gasteiger partial charge in [-0.15, -0.1) is 11.8 Å². The Morgan fingerprint density at radius 2 is 1.86 bits per heavy atom. The standard InChI is InChI=1S/C42H50N6O9S2/c1-26-24-55-16-15-47(26)30-21-42(22-30)10-13-46(14-11-42)29-3-4-33(35(18-29)57-31-17-28-7-12-43-39(28)44-23-31)40(49)45-59(53,54)32-19-34(48(51)52)38-36(20-32)56-25-37(58-38)27-5-8-41(2,50)9-6-27/h3-4,7,12,17-20,23,26-27,30,37,50H,5-6,8-11,13-16,21-22,24-25H2,1-2H3,(H,43,44)(H,45,49)/t26-,27-,37+,41-/m0/s1. The van der Waals surface area contributed by atoms with Gasteiger partial charge in [0, 0.05) is 72.4 Å². The van der Waals surface area contributed by atoms with Gasteiger partial charge in [-0.1, -0.05) is 0 Å². The number of hydrogen-bond acceptors (Lipinski definition) is 13. The zero-order valence-corrected chi connectivity index (χ0v) is 34.9. The van der Waals surface area contributed by atoms with Crippen LogP contribution < -0.4 is 19.1 Å². The first-order chi connectivity index (χ1) is 28.2. The van der Waals surface area contributed by atoms with Crippen molar-refractivity contribution in [3.8, 4) is 17.2 Å². The van der Waals surface area contributed by atoms with E-state index >= 15 is 0 Å². The highest BCUT2D eigenvalue weighted by atomic mass is 32.2. The van der Waals surface area contributed by atoms with Crippen LogP contribution in [0.5, 0.6) is 17.2 Å². The molecule has 5 heterocycles. The fraction of sp³-hybridized carbons (Fsp3) is 0.524. The van der Waals surface area contributed by atoms with E-state index in [1.165, 1.54) is 36.9 Å². The van der Waals surface area contributed by atoms with Gasteiger partial charge < -0.3 is 29.2 Å². The van der Waals surface area contributed by atoms with E-state index < -0.39 is 37.0 Å². The molecule has 5 aliphatic rings. The number of nitro benzene ring substituents is 1. The SMILES string of the molecule is C[C@H]1COCCN1C1CC2(CCN(c3ccc(C(=O)NS(=O)(=O)c4cc5c(c([N+](=O)[O-])c4)S[C@@H]([C@H]4CC[C@](C)(O)CC4)CO5)c(Oc4cnc5[nH]ccc5c4)c3)CC2)C1. The van der Waals surface area contributed by atoms with E-state index in [-0.39, 0.29) is 39.7 Å². The molecule has 2 aromatic carbocycles. The van der Waals surface area contributed by atoms with Gasteiger partial charge in [0.1, 0.15) is 34.4 Å². The molecular formula is C42H50N6O9S2. The van der Waals surface area contributed by atoms with Crippen molar-refractivity contribution in [1.29, 1.82) is 0 Å². The molecule has 0 bridgehead atoms. The number of nitro groups is 1. The number of anilines is 1. The number of nitrogens with one attached hydrogen (secondary N) is 2. The van der Waals surface area contributed by atoms with E-state index in [9.17, 15) is 28.4 Å². The average molecular weight is 847 g/mol. The Balaban J connectivity index is 0.937. The van der Waals surface area contributed by atoms with Crippen LogP contribution in [0.4, 0.5) is 11.4 Å². The number of aromatic amines is 1. The van der Waals surface area contributed by atoms with Crippen LogP contribution in [0.25, 0.3) is 11.0 Å². The minimum atomic E-state index is -4.63. The third kappa shape index (κ3) is 8.11. The summed E-state index contributed by atoms with van der Waals surface area (Å²) in [6, 6.07) is 12.0. The van der Waals surface area contributed by atoms with Crippen molar-refractivity contribution >= 4 is 50.1 Å². The molecule has 2 saturated heterocycles. The van der Waals surface area contributed by atoms with Crippen LogP contribution in [0.1, 0.15) is 75.6 Å².